The van der Waals surface area contributed by atoms with Crippen LogP contribution in [-0.2, 0) is 128 Å². The number of hydrogen-bond donors (Lipinski definition) is 0. The Morgan fingerprint density at radius 2 is 0.179 bits per heavy atom. The zero-order valence-electron chi connectivity index (χ0n) is 12.2. The molecule has 0 amide bonds. The molecule has 4 radical (unpaired) electrons. The normalized spacial score (nSPS) is 0.857. The largest absolute Gasteiger partial charge is 0 e. The SMILES string of the molecule is [C-]#[O+].[C-]#[O+].[C-]#[O+].[C-]#[O+].[C-]#[O+].[C-]#[O+].[C-]#[O+].[C-]#[O+].[C-]#[O+].[C-]#[O+].[C-]#[O+].[C-]#[O+].[Co].[Co].[Rh].[Rh]. The Balaban J connectivity index is -0.00000000396. The summed E-state index contributed by atoms with van der Waals surface area (Å²) in [7, 11) is 0. The quantitative estimate of drug-likeness (QED) is 0.182. The van der Waals surface area contributed by atoms with E-state index in [0.29, 0.717) is 0 Å². The summed E-state index contributed by atoms with van der Waals surface area (Å²) in [6, 6.07) is 0. The smallest absolute Gasteiger partial charge is 0 e. The standard InChI is InChI=1S/12CO.2Co.2Rh/c12*1-2;;;;. The van der Waals surface area contributed by atoms with Crippen LogP contribution in [0.25, 0.3) is 0 Å². The molecule has 156 valence electrons. The van der Waals surface area contributed by atoms with Gasteiger partial charge < -0.3 is 0 Å². The summed E-state index contributed by atoms with van der Waals surface area (Å²) in [5.41, 5.74) is 0. The molecule has 0 aromatic rings. The topological polar surface area (TPSA) is 239 Å². The molecule has 0 spiro atoms. The van der Waals surface area contributed by atoms with Gasteiger partial charge in [-0.2, -0.15) is 0 Å². The Hall–Kier alpha value is -0.860. The van der Waals surface area contributed by atoms with E-state index in [1.165, 1.54) is 0 Å². The predicted octanol–water partition coefficient (Wildman–Crippen LogP) is -0.460. The average Bonchev–Trinajstić information content (AvgIpc) is 2.84. The Bertz CT molecular complexity index is 231. The van der Waals surface area contributed by atoms with Gasteiger partial charge in [0.1, 0.15) is 0 Å². The Labute approximate surface area is 207 Å². The van der Waals surface area contributed by atoms with E-state index in [9.17, 15) is 0 Å². The van der Waals surface area contributed by atoms with Crippen LogP contribution in [-0.4, -0.2) is 0 Å². The minimum absolute atomic E-state index is 0. The maximum atomic E-state index is 7.50. The molecule has 0 aromatic heterocycles. The fraction of sp³-hybridized carbons (Fsp3) is 0. The molecule has 0 rings (SSSR count). The third-order valence-corrected chi connectivity index (χ3v) is 0. The van der Waals surface area contributed by atoms with Crippen LogP contribution in [0.1, 0.15) is 0 Å². The van der Waals surface area contributed by atoms with Gasteiger partial charge in [0.2, 0.25) is 0 Å². The van der Waals surface area contributed by atoms with Gasteiger partial charge in [0.15, 0.2) is 0 Å². The maximum absolute atomic E-state index is 7.50. The van der Waals surface area contributed by atoms with E-state index in [-0.39, 0.29) is 72.5 Å². The average molecular weight is 660 g/mol. The van der Waals surface area contributed by atoms with Crippen molar-refractivity contribution in [2.75, 3.05) is 0 Å². The first-order chi connectivity index (χ1) is 12.0. The summed E-state index contributed by atoms with van der Waals surface area (Å²) in [4.78, 5) is 0. The van der Waals surface area contributed by atoms with E-state index in [0.717, 1.165) is 0 Å². The van der Waals surface area contributed by atoms with Crippen LogP contribution in [0.15, 0.2) is 0 Å². The summed E-state index contributed by atoms with van der Waals surface area (Å²) in [6.45, 7) is 54.0. The molecule has 0 fully saturated rings. The fourth-order valence-electron chi connectivity index (χ4n) is 0. The summed E-state index contributed by atoms with van der Waals surface area (Å²) < 4.78 is 90.0. The van der Waals surface area contributed by atoms with E-state index in [2.05, 4.69) is 79.8 Å². The van der Waals surface area contributed by atoms with Crippen molar-refractivity contribution in [2.24, 2.45) is 0 Å². The van der Waals surface area contributed by atoms with Gasteiger partial charge in [0.25, 0.3) is 0 Å². The van der Waals surface area contributed by atoms with Gasteiger partial charge in [-0.05, 0) is 0 Å². The zero-order chi connectivity index (χ0) is 24.0. The van der Waals surface area contributed by atoms with Gasteiger partial charge in [-0.25, -0.2) is 0 Å². The molecule has 0 heterocycles. The molecular formula is C12Co2O12Rh2. The second-order valence-corrected chi connectivity index (χ2v) is 0. The fourth-order valence-corrected chi connectivity index (χ4v) is 0. The van der Waals surface area contributed by atoms with Crippen molar-refractivity contribution in [1.29, 1.82) is 0 Å². The van der Waals surface area contributed by atoms with E-state index in [1.807, 2.05) is 0 Å². The molecule has 0 saturated carbocycles. The molecule has 0 unspecified atom stereocenters. The van der Waals surface area contributed by atoms with Gasteiger partial charge >= 0.3 is 136 Å². The molecule has 0 aliphatic carbocycles. The molecule has 0 bridgehead atoms. The van der Waals surface area contributed by atoms with Crippen LogP contribution in [0.5, 0.6) is 0 Å². The van der Waals surface area contributed by atoms with Crippen LogP contribution in [0.2, 0.25) is 0 Å². The molecule has 0 N–H and O–H groups in total. The number of hydrogen-bond acceptors (Lipinski definition) is 0. The maximum Gasteiger partial charge on any atom is 0 e. The van der Waals surface area contributed by atoms with Gasteiger partial charge in [0, 0.05) is 72.5 Å². The molecule has 0 atom stereocenters. The van der Waals surface area contributed by atoms with Gasteiger partial charge in [-0.1, -0.05) is 0 Å². The van der Waals surface area contributed by atoms with Crippen LogP contribution in [0.4, 0.5) is 0 Å². The van der Waals surface area contributed by atoms with Crippen molar-refractivity contribution in [3.05, 3.63) is 79.8 Å². The van der Waals surface area contributed by atoms with Crippen molar-refractivity contribution in [3.63, 3.8) is 0 Å². The minimum Gasteiger partial charge on any atom is 0 e. The van der Waals surface area contributed by atoms with Gasteiger partial charge in [-0.3, -0.25) is 0 Å². The number of rotatable bonds is 0. The van der Waals surface area contributed by atoms with Crippen molar-refractivity contribution in [3.8, 4) is 0 Å². The molecule has 0 aliphatic rings. The summed E-state index contributed by atoms with van der Waals surface area (Å²) in [5.74, 6) is 0. The summed E-state index contributed by atoms with van der Waals surface area (Å²) in [5, 5.41) is 0. The van der Waals surface area contributed by atoms with Crippen molar-refractivity contribution >= 4 is 0 Å². The van der Waals surface area contributed by atoms with Gasteiger partial charge in [-0.15, -0.1) is 0 Å². The molecule has 12 nitrogen and oxygen atoms in total. The zero-order valence-corrected chi connectivity index (χ0v) is 17.6. The van der Waals surface area contributed by atoms with Crippen LogP contribution in [0, 0.1) is 79.8 Å². The minimum atomic E-state index is 0. The van der Waals surface area contributed by atoms with E-state index >= 15 is 0 Å². The Morgan fingerprint density at radius 3 is 0.179 bits per heavy atom. The van der Waals surface area contributed by atoms with E-state index in [4.69, 9.17) is 55.8 Å². The molecule has 0 aromatic carbocycles. The first kappa shape index (κ1) is 149. The van der Waals surface area contributed by atoms with Gasteiger partial charge in [0.05, 0.1) is 0 Å². The second kappa shape index (κ2) is 22300. The first-order valence-electron chi connectivity index (χ1n) is 2.45. The van der Waals surface area contributed by atoms with Crippen LogP contribution >= 0.6 is 0 Å². The third kappa shape index (κ3) is 19800. The van der Waals surface area contributed by atoms with Crippen molar-refractivity contribution < 1.29 is 128 Å². The second-order valence-electron chi connectivity index (χ2n) is 0. The van der Waals surface area contributed by atoms with Crippen molar-refractivity contribution in [1.82, 2.24) is 0 Å². The van der Waals surface area contributed by atoms with E-state index < -0.39 is 0 Å². The Kier molecular flexibility index (Phi) is 119000. The third-order valence-electron chi connectivity index (χ3n) is 0. The summed E-state index contributed by atoms with van der Waals surface area (Å²) >= 11 is 0. The van der Waals surface area contributed by atoms with Crippen LogP contribution < -0.4 is 0 Å². The van der Waals surface area contributed by atoms with Crippen molar-refractivity contribution in [2.45, 2.75) is 0 Å². The van der Waals surface area contributed by atoms with E-state index in [1.54, 1.807) is 0 Å². The molecule has 0 saturated heterocycles. The Morgan fingerprint density at radius 1 is 0.179 bits per heavy atom. The monoisotopic (exact) mass is 660 g/mol. The summed E-state index contributed by atoms with van der Waals surface area (Å²) in [6.07, 6.45) is 0. The van der Waals surface area contributed by atoms with Crippen LogP contribution in [0.3, 0.4) is 0 Å². The molecule has 28 heavy (non-hydrogen) atoms. The first-order valence-corrected chi connectivity index (χ1v) is 2.45. The molecule has 16 heteroatoms. The molecule has 0 aliphatic heterocycles. The predicted molar refractivity (Wildman–Crippen MR) is 47.2 cm³/mol. The molecular weight excluding hydrogens is 660 g/mol.